The second-order valence-corrected chi connectivity index (χ2v) is 2.51. The van der Waals surface area contributed by atoms with E-state index in [1.807, 2.05) is 6.07 Å². The summed E-state index contributed by atoms with van der Waals surface area (Å²) in [7, 11) is 0. The van der Waals surface area contributed by atoms with E-state index in [9.17, 15) is 0 Å². The van der Waals surface area contributed by atoms with Gasteiger partial charge in [0.2, 0.25) is 0 Å². The molecule has 0 bridgehead atoms. The Bertz CT molecular complexity index is 194. The zero-order valence-electron chi connectivity index (χ0n) is 7.66. The highest BCUT2D eigenvalue weighted by atomic mass is 19.0. The SMILES string of the molecule is CCN(CC)c1ccccc1.F. The Labute approximate surface area is 73.4 Å². The summed E-state index contributed by atoms with van der Waals surface area (Å²) in [6, 6.07) is 10.5. The molecule has 1 aromatic carbocycles. The Kier molecular flexibility index (Phi) is 5.09. The number of hydrogen-bond donors (Lipinski definition) is 0. The summed E-state index contributed by atoms with van der Waals surface area (Å²) >= 11 is 0. The average molecular weight is 169 g/mol. The molecule has 0 amide bonds. The summed E-state index contributed by atoms with van der Waals surface area (Å²) < 4.78 is 0. The summed E-state index contributed by atoms with van der Waals surface area (Å²) in [6.45, 7) is 6.52. The highest BCUT2D eigenvalue weighted by molar-refractivity contribution is 5.45. The molecule has 1 nitrogen and oxygen atoms in total. The molecule has 0 aliphatic rings. The van der Waals surface area contributed by atoms with Gasteiger partial charge in [-0.1, -0.05) is 18.2 Å². The first-order valence-electron chi connectivity index (χ1n) is 4.18. The molecule has 1 rings (SSSR count). The molecule has 0 atom stereocenters. The molecule has 0 fully saturated rings. The van der Waals surface area contributed by atoms with E-state index in [1.54, 1.807) is 0 Å². The highest BCUT2D eigenvalue weighted by Gasteiger charge is 1.97. The van der Waals surface area contributed by atoms with Gasteiger partial charge < -0.3 is 4.90 Å². The fourth-order valence-corrected chi connectivity index (χ4v) is 1.23. The first kappa shape index (κ1) is 11.0. The second-order valence-electron chi connectivity index (χ2n) is 2.51. The van der Waals surface area contributed by atoms with Crippen molar-refractivity contribution in [3.8, 4) is 0 Å². The summed E-state index contributed by atoms with van der Waals surface area (Å²) in [5.41, 5.74) is 1.32. The lowest BCUT2D eigenvalue weighted by atomic mass is 10.3. The summed E-state index contributed by atoms with van der Waals surface area (Å²) in [6.07, 6.45) is 0. The van der Waals surface area contributed by atoms with Crippen LogP contribution in [0.4, 0.5) is 10.4 Å². The molecule has 0 heterocycles. The van der Waals surface area contributed by atoms with E-state index in [4.69, 9.17) is 0 Å². The predicted octanol–water partition coefficient (Wildman–Crippen LogP) is 2.69. The molecule has 0 radical (unpaired) electrons. The number of halogens is 1. The minimum Gasteiger partial charge on any atom is -0.372 e. The fourth-order valence-electron chi connectivity index (χ4n) is 1.23. The van der Waals surface area contributed by atoms with Crippen molar-refractivity contribution in [2.45, 2.75) is 13.8 Å². The van der Waals surface area contributed by atoms with Crippen LogP contribution in [0.5, 0.6) is 0 Å². The molecule has 0 unspecified atom stereocenters. The monoisotopic (exact) mass is 169 g/mol. The Morgan fingerprint density at radius 3 is 1.92 bits per heavy atom. The minimum absolute atomic E-state index is 0. The number of rotatable bonds is 3. The van der Waals surface area contributed by atoms with Crippen molar-refractivity contribution in [3.63, 3.8) is 0 Å². The first-order valence-corrected chi connectivity index (χ1v) is 4.18. The maximum absolute atomic E-state index is 2.33. The highest BCUT2D eigenvalue weighted by Crippen LogP contribution is 2.11. The van der Waals surface area contributed by atoms with E-state index in [2.05, 4.69) is 43.0 Å². The van der Waals surface area contributed by atoms with Crippen molar-refractivity contribution in [1.29, 1.82) is 0 Å². The third kappa shape index (κ3) is 2.53. The van der Waals surface area contributed by atoms with Gasteiger partial charge in [0.15, 0.2) is 0 Å². The van der Waals surface area contributed by atoms with Crippen LogP contribution in [0.1, 0.15) is 13.8 Å². The fraction of sp³-hybridized carbons (Fsp3) is 0.400. The predicted molar refractivity (Wildman–Crippen MR) is 52.5 cm³/mol. The first-order chi connectivity index (χ1) is 5.38. The van der Waals surface area contributed by atoms with Gasteiger partial charge in [-0.25, -0.2) is 0 Å². The molecule has 12 heavy (non-hydrogen) atoms. The van der Waals surface area contributed by atoms with E-state index in [1.165, 1.54) is 5.69 Å². The lowest BCUT2D eigenvalue weighted by Crippen LogP contribution is -2.21. The van der Waals surface area contributed by atoms with Crippen LogP contribution >= 0.6 is 0 Å². The molecule has 0 spiro atoms. The zero-order valence-corrected chi connectivity index (χ0v) is 7.66. The average Bonchev–Trinajstić information content (AvgIpc) is 2.09. The standard InChI is InChI=1S/C10H15N.FH/c1-3-11(4-2)10-8-6-5-7-9-10;/h5-9H,3-4H2,1-2H3;1H. The van der Waals surface area contributed by atoms with Crippen LogP contribution in [0.25, 0.3) is 0 Å². The van der Waals surface area contributed by atoms with Crippen LogP contribution in [0.2, 0.25) is 0 Å². The topological polar surface area (TPSA) is 3.24 Å². The molecule has 2 heteroatoms. The summed E-state index contributed by atoms with van der Waals surface area (Å²) in [5.74, 6) is 0. The molecule has 0 aliphatic heterocycles. The maximum atomic E-state index is 2.33. The van der Waals surface area contributed by atoms with Crippen molar-refractivity contribution >= 4 is 5.69 Å². The van der Waals surface area contributed by atoms with Crippen molar-refractivity contribution in [2.75, 3.05) is 18.0 Å². The van der Waals surface area contributed by atoms with E-state index in [-0.39, 0.29) is 4.70 Å². The van der Waals surface area contributed by atoms with E-state index < -0.39 is 0 Å². The Hall–Kier alpha value is -1.05. The van der Waals surface area contributed by atoms with Crippen molar-refractivity contribution in [1.82, 2.24) is 0 Å². The van der Waals surface area contributed by atoms with Gasteiger partial charge in [0.25, 0.3) is 0 Å². The number of anilines is 1. The summed E-state index contributed by atoms with van der Waals surface area (Å²) in [4.78, 5) is 2.33. The van der Waals surface area contributed by atoms with Crippen molar-refractivity contribution < 1.29 is 4.70 Å². The van der Waals surface area contributed by atoms with Gasteiger partial charge in [0, 0.05) is 18.8 Å². The van der Waals surface area contributed by atoms with Crippen LogP contribution in [-0.2, 0) is 0 Å². The number of hydrogen-bond acceptors (Lipinski definition) is 1. The maximum Gasteiger partial charge on any atom is 0.0365 e. The molecular formula is C10H16FN. The van der Waals surface area contributed by atoms with Crippen LogP contribution in [0, 0.1) is 0 Å². The Balaban J connectivity index is 0.00000121. The van der Waals surface area contributed by atoms with Crippen LogP contribution in [-0.4, -0.2) is 13.1 Å². The molecule has 68 valence electrons. The van der Waals surface area contributed by atoms with Gasteiger partial charge in [-0.15, -0.1) is 0 Å². The van der Waals surface area contributed by atoms with Crippen LogP contribution in [0.15, 0.2) is 30.3 Å². The van der Waals surface area contributed by atoms with Gasteiger partial charge in [-0.2, -0.15) is 0 Å². The van der Waals surface area contributed by atoms with Crippen molar-refractivity contribution in [2.24, 2.45) is 0 Å². The van der Waals surface area contributed by atoms with E-state index in [0.717, 1.165) is 13.1 Å². The van der Waals surface area contributed by atoms with Gasteiger partial charge in [-0.3, -0.25) is 4.70 Å². The molecule has 0 saturated heterocycles. The number of benzene rings is 1. The molecule has 0 N–H and O–H groups in total. The third-order valence-corrected chi connectivity index (χ3v) is 1.88. The molecular weight excluding hydrogens is 153 g/mol. The minimum atomic E-state index is 0. The molecule has 0 aliphatic carbocycles. The zero-order chi connectivity index (χ0) is 8.10. The lowest BCUT2D eigenvalue weighted by Gasteiger charge is -2.20. The second kappa shape index (κ2) is 5.58. The molecule has 0 aromatic heterocycles. The largest absolute Gasteiger partial charge is 0.372 e. The number of nitrogens with zero attached hydrogens (tertiary/aromatic N) is 1. The van der Waals surface area contributed by atoms with Gasteiger partial charge in [0.05, 0.1) is 0 Å². The Morgan fingerprint density at radius 2 is 1.50 bits per heavy atom. The Morgan fingerprint density at radius 1 is 1.00 bits per heavy atom. The van der Waals surface area contributed by atoms with Crippen LogP contribution in [0.3, 0.4) is 0 Å². The number of para-hydroxylation sites is 1. The van der Waals surface area contributed by atoms with Crippen molar-refractivity contribution in [3.05, 3.63) is 30.3 Å². The lowest BCUT2D eigenvalue weighted by molar-refractivity contribution is 0.866. The summed E-state index contributed by atoms with van der Waals surface area (Å²) in [5, 5.41) is 0. The van der Waals surface area contributed by atoms with Crippen LogP contribution < -0.4 is 4.90 Å². The normalized spacial score (nSPS) is 8.83. The van der Waals surface area contributed by atoms with E-state index >= 15 is 0 Å². The van der Waals surface area contributed by atoms with E-state index in [0.29, 0.717) is 0 Å². The van der Waals surface area contributed by atoms with Gasteiger partial charge in [0.1, 0.15) is 0 Å². The molecule has 1 aromatic rings. The van der Waals surface area contributed by atoms with Gasteiger partial charge in [-0.05, 0) is 26.0 Å². The van der Waals surface area contributed by atoms with Gasteiger partial charge >= 0.3 is 0 Å². The smallest absolute Gasteiger partial charge is 0.0365 e. The quantitative estimate of drug-likeness (QED) is 0.672. The third-order valence-electron chi connectivity index (χ3n) is 1.88. The molecule has 0 saturated carbocycles.